The van der Waals surface area contributed by atoms with Crippen LogP contribution in [0, 0.1) is 11.3 Å². The summed E-state index contributed by atoms with van der Waals surface area (Å²) in [6, 6.07) is 7.28. The summed E-state index contributed by atoms with van der Waals surface area (Å²) in [6.07, 6.45) is 1.66. The molecule has 1 aromatic carbocycles. The minimum Gasteiger partial charge on any atom is -0.461 e. The molecule has 0 fully saturated rings. The number of H-pyrrole nitrogens is 1. The predicted octanol–water partition coefficient (Wildman–Crippen LogP) is 1.38. The molecule has 8 heteroatoms. The second-order valence-electron chi connectivity index (χ2n) is 4.49. The van der Waals surface area contributed by atoms with Crippen molar-refractivity contribution in [2.45, 2.75) is 6.92 Å². The highest BCUT2D eigenvalue weighted by Gasteiger charge is 2.23. The van der Waals surface area contributed by atoms with Gasteiger partial charge in [-0.05, 0) is 25.1 Å². The van der Waals surface area contributed by atoms with E-state index in [2.05, 4.69) is 15.3 Å². The Morgan fingerprint density at radius 2 is 2.36 bits per heavy atom. The third-order valence-corrected chi connectivity index (χ3v) is 3.17. The first-order chi connectivity index (χ1) is 10.7. The quantitative estimate of drug-likeness (QED) is 0.704. The molecule has 3 N–H and O–H groups in total. The fraction of sp³-hybridized carbons (Fsp3) is 0.143. The highest BCUT2D eigenvalue weighted by Crippen LogP contribution is 2.23. The van der Waals surface area contributed by atoms with Crippen LogP contribution in [0.1, 0.15) is 23.0 Å². The molecule has 0 spiro atoms. The van der Waals surface area contributed by atoms with E-state index in [1.165, 1.54) is 4.68 Å². The van der Waals surface area contributed by atoms with Crippen molar-refractivity contribution in [1.29, 1.82) is 5.26 Å². The first-order valence-electron chi connectivity index (χ1n) is 6.55. The summed E-state index contributed by atoms with van der Waals surface area (Å²) in [5.74, 6) is -0.581. The second kappa shape index (κ2) is 5.21. The number of nitriles is 1. The molecule has 0 aliphatic rings. The molecule has 0 saturated carbocycles. The first kappa shape index (κ1) is 13.6. The van der Waals surface area contributed by atoms with Gasteiger partial charge in [-0.2, -0.15) is 15.5 Å². The van der Waals surface area contributed by atoms with E-state index in [4.69, 9.17) is 10.5 Å². The van der Waals surface area contributed by atoms with E-state index in [-0.39, 0.29) is 23.7 Å². The minimum absolute atomic E-state index is 0.00532. The van der Waals surface area contributed by atoms with Crippen LogP contribution in [0.5, 0.6) is 0 Å². The second-order valence-corrected chi connectivity index (χ2v) is 4.49. The van der Waals surface area contributed by atoms with Crippen molar-refractivity contribution < 1.29 is 9.53 Å². The molecule has 0 atom stereocenters. The van der Waals surface area contributed by atoms with Crippen LogP contribution in [-0.2, 0) is 4.74 Å². The maximum absolute atomic E-state index is 11.9. The third-order valence-electron chi connectivity index (χ3n) is 3.17. The molecular weight excluding hydrogens is 284 g/mol. The molecule has 110 valence electrons. The molecule has 0 aliphatic carbocycles. The van der Waals surface area contributed by atoms with Gasteiger partial charge in [-0.1, -0.05) is 0 Å². The fourth-order valence-electron chi connectivity index (χ4n) is 2.14. The zero-order chi connectivity index (χ0) is 15.7. The first-order valence-corrected chi connectivity index (χ1v) is 6.55. The number of aromatic amines is 1. The Hall–Kier alpha value is -3.34. The predicted molar refractivity (Wildman–Crippen MR) is 78.3 cm³/mol. The van der Waals surface area contributed by atoms with Gasteiger partial charge in [-0.15, -0.1) is 0 Å². The van der Waals surface area contributed by atoms with Crippen LogP contribution in [0.3, 0.4) is 0 Å². The zero-order valence-electron chi connectivity index (χ0n) is 11.7. The summed E-state index contributed by atoms with van der Waals surface area (Å²) in [7, 11) is 0. The van der Waals surface area contributed by atoms with Crippen LogP contribution in [0.15, 0.2) is 24.4 Å². The number of nitrogens with one attached hydrogen (secondary N) is 1. The number of carbonyl (C=O) groups is 1. The Labute approximate surface area is 125 Å². The summed E-state index contributed by atoms with van der Waals surface area (Å²) < 4.78 is 6.24. The van der Waals surface area contributed by atoms with Gasteiger partial charge in [0.1, 0.15) is 17.5 Å². The van der Waals surface area contributed by atoms with Gasteiger partial charge < -0.3 is 10.5 Å². The highest BCUT2D eigenvalue weighted by atomic mass is 16.5. The normalized spacial score (nSPS) is 10.5. The lowest BCUT2D eigenvalue weighted by Gasteiger charge is -2.03. The van der Waals surface area contributed by atoms with Crippen molar-refractivity contribution in [2.75, 3.05) is 12.3 Å². The Morgan fingerprint density at radius 1 is 1.55 bits per heavy atom. The summed E-state index contributed by atoms with van der Waals surface area (Å²) in [6.45, 7) is 1.87. The number of nitrogens with zero attached hydrogens (tertiary/aromatic N) is 4. The number of carbonyl (C=O) groups excluding carboxylic acids is 1. The smallest absolute Gasteiger partial charge is 0.360 e. The van der Waals surface area contributed by atoms with E-state index >= 15 is 0 Å². The van der Waals surface area contributed by atoms with Gasteiger partial charge >= 0.3 is 5.97 Å². The number of benzene rings is 1. The van der Waals surface area contributed by atoms with Crippen molar-refractivity contribution in [3.63, 3.8) is 0 Å². The van der Waals surface area contributed by atoms with Gasteiger partial charge in [-0.3, -0.25) is 5.10 Å². The van der Waals surface area contributed by atoms with E-state index in [1.807, 2.05) is 12.1 Å². The molecule has 3 aromatic rings. The van der Waals surface area contributed by atoms with Crippen LogP contribution in [0.4, 0.5) is 5.82 Å². The van der Waals surface area contributed by atoms with Gasteiger partial charge in [0, 0.05) is 5.39 Å². The molecular formula is C14H12N6O2. The van der Waals surface area contributed by atoms with E-state index in [1.54, 1.807) is 25.3 Å². The van der Waals surface area contributed by atoms with Crippen molar-refractivity contribution in [3.05, 3.63) is 35.7 Å². The van der Waals surface area contributed by atoms with E-state index in [9.17, 15) is 10.1 Å². The summed E-state index contributed by atoms with van der Waals surface area (Å²) in [5.41, 5.74) is 7.35. The fourth-order valence-corrected chi connectivity index (χ4v) is 2.14. The highest BCUT2D eigenvalue weighted by molar-refractivity contribution is 5.92. The molecule has 0 radical (unpaired) electrons. The third kappa shape index (κ3) is 2.05. The molecule has 0 bridgehead atoms. The monoisotopic (exact) mass is 296 g/mol. The van der Waals surface area contributed by atoms with Crippen molar-refractivity contribution in [2.24, 2.45) is 0 Å². The lowest BCUT2D eigenvalue weighted by atomic mass is 10.2. The number of ether oxygens (including phenoxy) is 1. The summed E-state index contributed by atoms with van der Waals surface area (Å²) in [4.78, 5) is 11.9. The average molecular weight is 296 g/mol. The Balaban J connectivity index is 2.14. The van der Waals surface area contributed by atoms with Gasteiger partial charge in [0.2, 0.25) is 0 Å². The number of anilines is 1. The summed E-state index contributed by atoms with van der Waals surface area (Å²) >= 11 is 0. The zero-order valence-corrected chi connectivity index (χ0v) is 11.7. The van der Waals surface area contributed by atoms with E-state index in [0.29, 0.717) is 5.69 Å². The number of nitrogen functional groups attached to an aromatic ring is 1. The van der Waals surface area contributed by atoms with E-state index < -0.39 is 5.97 Å². The number of rotatable bonds is 3. The van der Waals surface area contributed by atoms with E-state index in [0.717, 1.165) is 10.9 Å². The molecule has 2 heterocycles. The molecule has 0 amide bonds. The van der Waals surface area contributed by atoms with Gasteiger partial charge in [0.25, 0.3) is 0 Å². The molecule has 2 aromatic heterocycles. The largest absolute Gasteiger partial charge is 0.461 e. The van der Waals surface area contributed by atoms with Crippen LogP contribution in [0.25, 0.3) is 16.6 Å². The maximum atomic E-state index is 11.9. The Morgan fingerprint density at radius 3 is 3.09 bits per heavy atom. The molecule has 22 heavy (non-hydrogen) atoms. The molecule has 0 unspecified atom stereocenters. The van der Waals surface area contributed by atoms with Gasteiger partial charge in [-0.25, -0.2) is 9.48 Å². The maximum Gasteiger partial charge on any atom is 0.360 e. The van der Waals surface area contributed by atoms with Gasteiger partial charge in [0.05, 0.1) is 24.0 Å². The Bertz CT molecular complexity index is 902. The average Bonchev–Trinajstić information content (AvgIpc) is 3.10. The lowest BCUT2D eigenvalue weighted by Crippen LogP contribution is -2.08. The molecule has 3 rings (SSSR count). The SMILES string of the molecule is CCOC(=O)c1nn(-c2ccc3[nH]ncc3c2)c(N)c1C#N. The van der Waals surface area contributed by atoms with Crippen LogP contribution in [0.2, 0.25) is 0 Å². The van der Waals surface area contributed by atoms with Gasteiger partial charge in [0.15, 0.2) is 5.69 Å². The lowest BCUT2D eigenvalue weighted by molar-refractivity contribution is 0.0518. The number of nitrogens with two attached hydrogens (primary N) is 1. The molecule has 0 aliphatic heterocycles. The number of aromatic nitrogens is 4. The number of esters is 1. The van der Waals surface area contributed by atoms with Crippen molar-refractivity contribution >= 4 is 22.7 Å². The topological polar surface area (TPSA) is 123 Å². The number of hydrogen-bond donors (Lipinski definition) is 2. The summed E-state index contributed by atoms with van der Waals surface area (Å²) in [5, 5.41) is 21.0. The van der Waals surface area contributed by atoms with Crippen LogP contribution in [-0.4, -0.2) is 32.6 Å². The van der Waals surface area contributed by atoms with Crippen molar-refractivity contribution in [1.82, 2.24) is 20.0 Å². The minimum atomic E-state index is -0.672. The molecule has 8 nitrogen and oxygen atoms in total. The number of hydrogen-bond acceptors (Lipinski definition) is 6. The van der Waals surface area contributed by atoms with Crippen molar-refractivity contribution in [3.8, 4) is 11.8 Å². The molecule has 0 saturated heterocycles. The van der Waals surface area contributed by atoms with Crippen LogP contribution < -0.4 is 5.73 Å². The number of fused-ring (bicyclic) bond motifs is 1. The Kier molecular flexibility index (Phi) is 3.23. The van der Waals surface area contributed by atoms with Crippen LogP contribution >= 0.6 is 0 Å². The standard InChI is InChI=1S/C14H12N6O2/c1-2-22-14(21)12-10(6-15)13(16)20(19-12)9-3-4-11-8(5-9)7-17-18-11/h3-5,7H,2,16H2,1H3,(H,17,18).